The molecule has 0 unspecified atom stereocenters. The minimum Gasteiger partial charge on any atom is -0.324 e. The van der Waals surface area contributed by atoms with Gasteiger partial charge in [0.15, 0.2) is 0 Å². The highest BCUT2D eigenvalue weighted by atomic mass is 32.2. The van der Waals surface area contributed by atoms with Gasteiger partial charge in [-0.05, 0) is 56.4 Å². The van der Waals surface area contributed by atoms with Gasteiger partial charge in [-0.2, -0.15) is 0 Å². The number of benzene rings is 2. The Labute approximate surface area is 177 Å². The van der Waals surface area contributed by atoms with Crippen LogP contribution in [0.1, 0.15) is 41.7 Å². The Bertz CT molecular complexity index is 1140. The monoisotopic (exact) mass is 426 g/mol. The van der Waals surface area contributed by atoms with Crippen molar-refractivity contribution in [3.63, 3.8) is 0 Å². The molecule has 1 aliphatic rings. The molecule has 7 heteroatoms. The number of amides is 2. The molecule has 2 aromatic rings. The van der Waals surface area contributed by atoms with Crippen molar-refractivity contribution in [2.24, 2.45) is 0 Å². The second-order valence-corrected chi connectivity index (χ2v) is 9.44. The normalized spacial score (nSPS) is 15.6. The molecule has 2 amide bonds. The van der Waals surface area contributed by atoms with Crippen molar-refractivity contribution in [2.45, 2.75) is 41.0 Å². The zero-order chi connectivity index (χ0) is 22.2. The maximum absolute atomic E-state index is 13.1. The van der Waals surface area contributed by atoms with E-state index in [4.69, 9.17) is 0 Å². The van der Waals surface area contributed by atoms with Crippen LogP contribution in [-0.2, 0) is 26.0 Å². The van der Waals surface area contributed by atoms with E-state index in [1.165, 1.54) is 6.92 Å². The van der Waals surface area contributed by atoms with E-state index in [1.807, 2.05) is 52.0 Å². The van der Waals surface area contributed by atoms with Crippen LogP contribution in [0.15, 0.2) is 42.0 Å². The third kappa shape index (κ3) is 3.89. The van der Waals surface area contributed by atoms with Gasteiger partial charge in [0.2, 0.25) is 5.91 Å². The lowest BCUT2D eigenvalue weighted by Gasteiger charge is -2.18. The Morgan fingerprint density at radius 3 is 2.10 bits per heavy atom. The number of aryl methyl sites for hydroxylation is 4. The average molecular weight is 427 g/mol. The van der Waals surface area contributed by atoms with E-state index < -0.39 is 28.4 Å². The Morgan fingerprint density at radius 2 is 1.57 bits per heavy atom. The number of carbonyl (C=O) groups excluding carboxylic acids is 2. The summed E-state index contributed by atoms with van der Waals surface area (Å²) < 4.78 is 26.9. The molecule has 0 aromatic heterocycles. The fraction of sp³-hybridized carbons (Fsp3) is 0.304. The Morgan fingerprint density at radius 1 is 1.00 bits per heavy atom. The number of rotatable bonds is 5. The summed E-state index contributed by atoms with van der Waals surface area (Å²) >= 11 is 0. The summed E-state index contributed by atoms with van der Waals surface area (Å²) in [5.74, 6) is -1.23. The molecule has 1 aliphatic heterocycles. The largest absolute Gasteiger partial charge is 0.324 e. The van der Waals surface area contributed by atoms with Crippen LogP contribution in [-0.4, -0.2) is 31.1 Å². The van der Waals surface area contributed by atoms with Crippen LogP contribution < -0.4 is 5.32 Å². The summed E-state index contributed by atoms with van der Waals surface area (Å²) in [6.07, 6.45) is 0.828. The SMILES string of the molecule is CCc1ccc(C2=C(C)C(=O)N(CC(=O)Nc3c(C)cc(C)cc3C)S2(=O)=O)cc1. The number of anilines is 1. The first-order valence-electron chi connectivity index (χ1n) is 9.81. The van der Waals surface area contributed by atoms with E-state index >= 15 is 0 Å². The first kappa shape index (κ1) is 21.8. The van der Waals surface area contributed by atoms with Gasteiger partial charge in [-0.3, -0.25) is 9.59 Å². The zero-order valence-electron chi connectivity index (χ0n) is 17.9. The number of carbonyl (C=O) groups is 2. The molecule has 1 heterocycles. The molecule has 0 spiro atoms. The van der Waals surface area contributed by atoms with Crippen LogP contribution >= 0.6 is 0 Å². The van der Waals surface area contributed by atoms with E-state index in [2.05, 4.69) is 5.32 Å². The maximum atomic E-state index is 13.1. The molecule has 0 radical (unpaired) electrons. The van der Waals surface area contributed by atoms with Crippen molar-refractivity contribution in [3.05, 3.63) is 69.8 Å². The fourth-order valence-corrected chi connectivity index (χ4v) is 5.57. The van der Waals surface area contributed by atoms with Crippen LogP contribution in [0.4, 0.5) is 5.69 Å². The standard InChI is InChI=1S/C23H26N2O4S/c1-6-18-7-9-19(10-8-18)22-17(5)23(27)25(30(22,28)29)13-20(26)24-21-15(3)11-14(2)12-16(21)4/h7-12H,6,13H2,1-5H3,(H,24,26). The molecule has 0 aliphatic carbocycles. The summed E-state index contributed by atoms with van der Waals surface area (Å²) in [5.41, 5.74) is 5.10. The molecule has 3 rings (SSSR count). The predicted molar refractivity (Wildman–Crippen MR) is 118 cm³/mol. The maximum Gasteiger partial charge on any atom is 0.268 e. The third-order valence-corrected chi connectivity index (χ3v) is 7.22. The lowest BCUT2D eigenvalue weighted by molar-refractivity contribution is -0.126. The van der Waals surface area contributed by atoms with Crippen molar-refractivity contribution in [2.75, 3.05) is 11.9 Å². The lowest BCUT2D eigenvalue weighted by Crippen LogP contribution is -2.38. The molecule has 0 fully saturated rings. The van der Waals surface area contributed by atoms with Gasteiger partial charge in [-0.1, -0.05) is 48.9 Å². The fourth-order valence-electron chi connectivity index (χ4n) is 3.80. The molecule has 6 nitrogen and oxygen atoms in total. The summed E-state index contributed by atoms with van der Waals surface area (Å²) in [6.45, 7) is 8.63. The van der Waals surface area contributed by atoms with E-state index in [0.717, 1.165) is 28.7 Å². The van der Waals surface area contributed by atoms with Gasteiger partial charge in [0.1, 0.15) is 11.4 Å². The highest BCUT2D eigenvalue weighted by Gasteiger charge is 2.43. The topological polar surface area (TPSA) is 83.6 Å². The zero-order valence-corrected chi connectivity index (χ0v) is 18.7. The second kappa shape index (κ2) is 8.07. The highest BCUT2D eigenvalue weighted by Crippen LogP contribution is 2.35. The molecule has 30 heavy (non-hydrogen) atoms. The van der Waals surface area contributed by atoms with Crippen molar-refractivity contribution in [3.8, 4) is 0 Å². The number of nitrogens with one attached hydrogen (secondary N) is 1. The van der Waals surface area contributed by atoms with Gasteiger partial charge in [0.25, 0.3) is 15.9 Å². The molecule has 158 valence electrons. The highest BCUT2D eigenvalue weighted by molar-refractivity contribution is 7.99. The van der Waals surface area contributed by atoms with Gasteiger partial charge >= 0.3 is 0 Å². The van der Waals surface area contributed by atoms with Crippen molar-refractivity contribution >= 4 is 32.4 Å². The summed E-state index contributed by atoms with van der Waals surface area (Å²) in [5, 5.41) is 2.76. The number of sulfonamides is 1. The Kier molecular flexibility index (Phi) is 5.85. The number of hydrogen-bond donors (Lipinski definition) is 1. The first-order valence-corrected chi connectivity index (χ1v) is 11.2. The van der Waals surface area contributed by atoms with Gasteiger partial charge in [0.05, 0.1) is 0 Å². The predicted octanol–water partition coefficient (Wildman–Crippen LogP) is 3.72. The van der Waals surface area contributed by atoms with Crippen LogP contribution in [0.25, 0.3) is 4.91 Å². The van der Waals surface area contributed by atoms with Gasteiger partial charge in [-0.15, -0.1) is 0 Å². The van der Waals surface area contributed by atoms with E-state index in [9.17, 15) is 18.0 Å². The van der Waals surface area contributed by atoms with Crippen molar-refractivity contribution < 1.29 is 18.0 Å². The van der Waals surface area contributed by atoms with Crippen LogP contribution in [0.5, 0.6) is 0 Å². The molecule has 2 aromatic carbocycles. The molecular weight excluding hydrogens is 400 g/mol. The number of hydrogen-bond acceptors (Lipinski definition) is 4. The lowest BCUT2D eigenvalue weighted by atomic mass is 10.1. The molecule has 0 saturated heterocycles. The van der Waals surface area contributed by atoms with Crippen LogP contribution in [0.3, 0.4) is 0 Å². The molecule has 0 atom stereocenters. The molecular formula is C23H26N2O4S. The summed E-state index contributed by atoms with van der Waals surface area (Å²) in [4.78, 5) is 25.3. The minimum atomic E-state index is -4.11. The minimum absolute atomic E-state index is 0.0364. The third-order valence-electron chi connectivity index (χ3n) is 5.29. The molecule has 0 saturated carbocycles. The molecule has 1 N–H and O–H groups in total. The molecule has 0 bridgehead atoms. The smallest absolute Gasteiger partial charge is 0.268 e. The van der Waals surface area contributed by atoms with Crippen molar-refractivity contribution in [1.82, 2.24) is 4.31 Å². The van der Waals surface area contributed by atoms with Crippen LogP contribution in [0, 0.1) is 20.8 Å². The Hall–Kier alpha value is -2.93. The number of nitrogens with zero attached hydrogens (tertiary/aromatic N) is 1. The first-order chi connectivity index (χ1) is 14.1. The average Bonchev–Trinajstić information content (AvgIpc) is 2.84. The van der Waals surface area contributed by atoms with Crippen LogP contribution in [0.2, 0.25) is 0 Å². The quantitative estimate of drug-likeness (QED) is 0.790. The van der Waals surface area contributed by atoms with E-state index in [-0.39, 0.29) is 10.5 Å². The van der Waals surface area contributed by atoms with Gasteiger partial charge in [-0.25, -0.2) is 12.7 Å². The summed E-state index contributed by atoms with van der Waals surface area (Å²) in [6, 6.07) is 11.0. The summed E-state index contributed by atoms with van der Waals surface area (Å²) in [7, 11) is -4.11. The Balaban J connectivity index is 1.86. The van der Waals surface area contributed by atoms with Gasteiger partial charge < -0.3 is 5.32 Å². The van der Waals surface area contributed by atoms with Crippen molar-refractivity contribution in [1.29, 1.82) is 0 Å². The second-order valence-electron chi connectivity index (χ2n) is 7.64. The van der Waals surface area contributed by atoms with E-state index in [0.29, 0.717) is 15.6 Å². The van der Waals surface area contributed by atoms with E-state index in [1.54, 1.807) is 12.1 Å². The van der Waals surface area contributed by atoms with Gasteiger partial charge in [0, 0.05) is 11.3 Å².